The van der Waals surface area contributed by atoms with Gasteiger partial charge in [-0.3, -0.25) is 9.59 Å². The smallest absolute Gasteiger partial charge is 0.480 e. The number of carbonyl (C=O) groups excluding carboxylic acids is 2. The molecule has 14 heteroatoms. The monoisotopic (exact) mass is 436 g/mol. The zero-order chi connectivity index (χ0) is 23.3. The number of rotatable bonds is 8. The molecule has 31 heavy (non-hydrogen) atoms. The molecule has 2 aromatic rings. The van der Waals surface area contributed by atoms with E-state index in [1.807, 2.05) is 0 Å². The van der Waals surface area contributed by atoms with Crippen molar-refractivity contribution in [3.05, 3.63) is 59.2 Å². The molecule has 0 saturated heterocycles. The highest BCUT2D eigenvalue weighted by molar-refractivity contribution is 6.59. The van der Waals surface area contributed by atoms with E-state index in [2.05, 4.69) is 10.6 Å². The lowest BCUT2D eigenvalue weighted by Gasteiger charge is -2.16. The second-order valence-electron chi connectivity index (χ2n) is 6.29. The lowest BCUT2D eigenvalue weighted by molar-refractivity contribution is -0.139. The number of hydrogen-bond donors (Lipinski definition) is 7. The van der Waals surface area contributed by atoms with Crippen molar-refractivity contribution in [1.82, 2.24) is 10.6 Å². The van der Waals surface area contributed by atoms with Crippen molar-refractivity contribution in [3.63, 3.8) is 0 Å². The molecule has 2 aromatic carbocycles. The number of hydrogen-bond acceptors (Lipinski definition) is 7. The van der Waals surface area contributed by atoms with Crippen molar-refractivity contribution in [1.29, 1.82) is 0 Å². The highest BCUT2D eigenvalue weighted by Crippen LogP contribution is 2.05. The Morgan fingerprint density at radius 2 is 1.29 bits per heavy atom. The highest BCUT2D eigenvalue weighted by Gasteiger charge is 2.24. The molecule has 2 rings (SSSR count). The molecule has 0 aliphatic heterocycles. The molecule has 0 fully saturated rings. The highest BCUT2D eigenvalue weighted by atomic mass is 19.1. The van der Waals surface area contributed by atoms with Gasteiger partial charge in [-0.15, -0.1) is 0 Å². The van der Waals surface area contributed by atoms with E-state index in [1.165, 1.54) is 0 Å². The number of carboxylic acids is 1. The number of aliphatic carboxylic acids is 1. The van der Waals surface area contributed by atoms with Gasteiger partial charge in [-0.25, -0.2) is 13.6 Å². The number of halogens is 2. The summed E-state index contributed by atoms with van der Waals surface area (Å²) in [6.07, 6.45) is 0. The van der Waals surface area contributed by atoms with Crippen molar-refractivity contribution < 1.29 is 48.4 Å². The number of carboxylic acid groups (broad SMARTS) is 1. The average molecular weight is 436 g/mol. The molecule has 0 bridgehead atoms. The standard InChI is InChI=1S/C17H16B2F2N2O8/c20-12-5-8(1-3-10(12)18(28)29)15(24)22-7-14(17(26)27)23-16(25)9-2-4-11(19(30)31)13(21)6-9/h1-6,14,28-31H,7H2,(H,22,24)(H,23,25)(H,26,27)/t14-/m0/s1. The van der Waals surface area contributed by atoms with Crippen LogP contribution in [0.25, 0.3) is 0 Å². The Morgan fingerprint density at radius 3 is 1.68 bits per heavy atom. The van der Waals surface area contributed by atoms with Gasteiger partial charge in [0.2, 0.25) is 0 Å². The van der Waals surface area contributed by atoms with Crippen LogP contribution >= 0.6 is 0 Å². The van der Waals surface area contributed by atoms with E-state index in [0.717, 1.165) is 30.3 Å². The fourth-order valence-corrected chi connectivity index (χ4v) is 2.49. The van der Waals surface area contributed by atoms with Crippen molar-refractivity contribution >= 4 is 42.9 Å². The Morgan fingerprint density at radius 1 is 0.839 bits per heavy atom. The van der Waals surface area contributed by atoms with Crippen LogP contribution in [0.15, 0.2) is 36.4 Å². The Kier molecular flexibility index (Phi) is 7.83. The van der Waals surface area contributed by atoms with Gasteiger partial charge in [-0.05, 0) is 24.3 Å². The first-order valence-corrected chi connectivity index (χ1v) is 8.64. The summed E-state index contributed by atoms with van der Waals surface area (Å²) in [5, 5.41) is 49.4. The molecule has 0 aliphatic carbocycles. The minimum Gasteiger partial charge on any atom is -0.480 e. The number of nitrogens with one attached hydrogen (secondary N) is 2. The molecule has 10 nitrogen and oxygen atoms in total. The van der Waals surface area contributed by atoms with Crippen molar-refractivity contribution in [2.45, 2.75) is 6.04 Å². The fraction of sp³-hybridized carbons (Fsp3) is 0.118. The van der Waals surface area contributed by atoms with Crippen LogP contribution in [0.3, 0.4) is 0 Å². The third kappa shape index (κ3) is 6.08. The molecule has 0 heterocycles. The van der Waals surface area contributed by atoms with Gasteiger partial charge in [-0.1, -0.05) is 12.1 Å². The van der Waals surface area contributed by atoms with E-state index in [4.69, 9.17) is 20.1 Å². The van der Waals surface area contributed by atoms with Gasteiger partial charge in [0.05, 0.1) is 0 Å². The first-order chi connectivity index (χ1) is 14.5. The molecule has 162 valence electrons. The Hall–Kier alpha value is -3.32. The maximum atomic E-state index is 13.8. The lowest BCUT2D eigenvalue weighted by atomic mass is 9.79. The van der Waals surface area contributed by atoms with Gasteiger partial charge in [-0.2, -0.15) is 0 Å². The van der Waals surface area contributed by atoms with Crippen LogP contribution < -0.4 is 21.6 Å². The second kappa shape index (κ2) is 10.1. The normalized spacial score (nSPS) is 11.4. The molecule has 2 amide bonds. The van der Waals surface area contributed by atoms with E-state index in [-0.39, 0.29) is 11.1 Å². The predicted molar refractivity (Wildman–Crippen MR) is 104 cm³/mol. The quantitative estimate of drug-likeness (QED) is 0.214. The maximum absolute atomic E-state index is 13.8. The van der Waals surface area contributed by atoms with Crippen LogP contribution in [-0.4, -0.2) is 69.8 Å². The van der Waals surface area contributed by atoms with Crippen molar-refractivity contribution in [2.24, 2.45) is 0 Å². The maximum Gasteiger partial charge on any atom is 0.491 e. The second-order valence-corrected chi connectivity index (χ2v) is 6.29. The minimum atomic E-state index is -2.10. The van der Waals surface area contributed by atoms with Crippen LogP contribution in [0, 0.1) is 11.6 Å². The van der Waals surface area contributed by atoms with Gasteiger partial charge in [0.25, 0.3) is 11.8 Å². The van der Waals surface area contributed by atoms with Gasteiger partial charge < -0.3 is 35.8 Å². The molecule has 7 N–H and O–H groups in total. The third-order valence-corrected chi connectivity index (χ3v) is 4.15. The summed E-state index contributed by atoms with van der Waals surface area (Å²) in [5.74, 6) is -5.59. The summed E-state index contributed by atoms with van der Waals surface area (Å²) in [7, 11) is -4.18. The SMILES string of the molecule is O=C(NC[C@H](NC(=O)c1ccc(B(O)O)c(F)c1)C(=O)O)c1ccc(B(O)O)c(F)c1. The molecule has 0 aliphatic rings. The first-order valence-electron chi connectivity index (χ1n) is 8.64. The number of carbonyl (C=O) groups is 3. The average Bonchev–Trinajstić information content (AvgIpc) is 2.69. The van der Waals surface area contributed by atoms with E-state index in [0.29, 0.717) is 6.07 Å². The van der Waals surface area contributed by atoms with Crippen LogP contribution in [0.5, 0.6) is 0 Å². The molecule has 0 spiro atoms. The molecule has 0 radical (unpaired) electrons. The molecule has 0 aromatic heterocycles. The van der Waals surface area contributed by atoms with E-state index in [1.54, 1.807) is 0 Å². The Labute approximate surface area is 174 Å². The fourth-order valence-electron chi connectivity index (χ4n) is 2.49. The van der Waals surface area contributed by atoms with Crippen LogP contribution in [0.4, 0.5) is 8.78 Å². The Balaban J connectivity index is 2.05. The molecule has 0 saturated carbocycles. The van der Waals surface area contributed by atoms with Crippen LogP contribution in [0.1, 0.15) is 20.7 Å². The molecule has 0 unspecified atom stereocenters. The van der Waals surface area contributed by atoms with Gasteiger partial charge in [0.1, 0.15) is 17.7 Å². The van der Waals surface area contributed by atoms with E-state index >= 15 is 0 Å². The summed E-state index contributed by atoms with van der Waals surface area (Å²) in [6.45, 7) is -0.609. The molecule has 1 atom stereocenters. The zero-order valence-electron chi connectivity index (χ0n) is 15.6. The number of benzene rings is 2. The van der Waals surface area contributed by atoms with E-state index < -0.39 is 67.2 Å². The topological polar surface area (TPSA) is 176 Å². The molecular formula is C17H16B2F2N2O8. The molecular weight excluding hydrogens is 420 g/mol. The van der Waals surface area contributed by atoms with E-state index in [9.17, 15) is 28.3 Å². The zero-order valence-corrected chi connectivity index (χ0v) is 15.6. The summed E-state index contributed by atoms with van der Waals surface area (Å²) in [5.41, 5.74) is -1.48. The summed E-state index contributed by atoms with van der Waals surface area (Å²) in [6, 6.07) is 3.80. The van der Waals surface area contributed by atoms with Gasteiger partial charge in [0.15, 0.2) is 0 Å². The minimum absolute atomic E-state index is 0.238. The van der Waals surface area contributed by atoms with Crippen molar-refractivity contribution in [3.8, 4) is 0 Å². The van der Waals surface area contributed by atoms with Gasteiger partial charge >= 0.3 is 20.2 Å². The van der Waals surface area contributed by atoms with Crippen molar-refractivity contribution in [2.75, 3.05) is 6.54 Å². The summed E-state index contributed by atoms with van der Waals surface area (Å²) in [4.78, 5) is 35.7. The van der Waals surface area contributed by atoms with Crippen LogP contribution in [-0.2, 0) is 4.79 Å². The van der Waals surface area contributed by atoms with Crippen LogP contribution in [0.2, 0.25) is 0 Å². The predicted octanol–water partition coefficient (Wildman–Crippen LogP) is -3.06. The summed E-state index contributed by atoms with van der Waals surface area (Å²) < 4.78 is 27.5. The summed E-state index contributed by atoms with van der Waals surface area (Å²) >= 11 is 0. The largest absolute Gasteiger partial charge is 0.491 e. The third-order valence-electron chi connectivity index (χ3n) is 4.15. The van der Waals surface area contributed by atoms with Gasteiger partial charge in [0, 0.05) is 28.6 Å². The first kappa shape index (κ1) is 24.0. The lowest BCUT2D eigenvalue weighted by Crippen LogP contribution is -2.48. The number of amides is 2. The Bertz CT molecular complexity index is 1010.